The van der Waals surface area contributed by atoms with Crippen molar-refractivity contribution in [1.29, 1.82) is 0 Å². The van der Waals surface area contributed by atoms with E-state index in [4.69, 9.17) is 34.7 Å². The molecule has 0 aliphatic heterocycles. The number of halogens is 2. The lowest BCUT2D eigenvalue weighted by Gasteiger charge is -2.05. The molecule has 0 bridgehead atoms. The van der Waals surface area contributed by atoms with Crippen LogP contribution in [0.2, 0.25) is 10.0 Å². The van der Waals surface area contributed by atoms with Crippen LogP contribution in [0, 0.1) is 0 Å². The Labute approximate surface area is 134 Å². The Hall–Kier alpha value is -1.83. The van der Waals surface area contributed by atoms with Crippen molar-refractivity contribution in [2.24, 2.45) is 16.5 Å². The maximum atomic E-state index is 11.9. The van der Waals surface area contributed by atoms with Crippen LogP contribution in [0.3, 0.4) is 0 Å². The van der Waals surface area contributed by atoms with Crippen molar-refractivity contribution in [1.82, 2.24) is 4.98 Å². The highest BCUT2D eigenvalue weighted by Gasteiger charge is 2.09. The third-order valence-corrected chi connectivity index (χ3v) is 3.47. The number of carbonyl (C=O) groups is 1. The predicted octanol–water partition coefficient (Wildman–Crippen LogP) is 2.54. The molecule has 110 valence electrons. The van der Waals surface area contributed by atoms with Crippen LogP contribution in [0.5, 0.6) is 0 Å². The molecule has 5 N–H and O–H groups in total. The maximum Gasteiger partial charge on any atom is 0.230 e. The van der Waals surface area contributed by atoms with Gasteiger partial charge in [0.25, 0.3) is 0 Å². The van der Waals surface area contributed by atoms with E-state index in [-0.39, 0.29) is 18.3 Å². The molecule has 0 spiro atoms. The molecule has 0 saturated carbocycles. The summed E-state index contributed by atoms with van der Waals surface area (Å²) in [7, 11) is 0. The Kier molecular flexibility index (Phi) is 5.00. The van der Waals surface area contributed by atoms with Gasteiger partial charge in [0.15, 0.2) is 5.96 Å². The van der Waals surface area contributed by atoms with Crippen LogP contribution >= 0.6 is 34.5 Å². The van der Waals surface area contributed by atoms with Crippen LogP contribution in [0.25, 0.3) is 0 Å². The Balaban J connectivity index is 2.01. The number of aliphatic imine (C=N–C) groups is 1. The highest BCUT2D eigenvalue weighted by atomic mass is 35.5. The quantitative estimate of drug-likeness (QED) is 0.585. The van der Waals surface area contributed by atoms with Crippen molar-refractivity contribution in [3.63, 3.8) is 0 Å². The second kappa shape index (κ2) is 6.75. The molecule has 0 fully saturated rings. The molecule has 2 rings (SSSR count). The smallest absolute Gasteiger partial charge is 0.230 e. The van der Waals surface area contributed by atoms with Crippen LogP contribution in [0.1, 0.15) is 5.69 Å². The second-order valence-electron chi connectivity index (χ2n) is 4.04. The topological polar surface area (TPSA) is 106 Å². The fourth-order valence-electron chi connectivity index (χ4n) is 1.53. The van der Waals surface area contributed by atoms with Crippen molar-refractivity contribution in [3.8, 4) is 0 Å². The number of amides is 1. The third kappa shape index (κ3) is 4.89. The zero-order valence-corrected chi connectivity index (χ0v) is 13.0. The number of guanidine groups is 1. The van der Waals surface area contributed by atoms with Crippen molar-refractivity contribution < 1.29 is 4.79 Å². The lowest BCUT2D eigenvalue weighted by molar-refractivity contribution is -0.115. The molecular formula is C12H11Cl2N5OS. The molecular weight excluding hydrogens is 333 g/mol. The van der Waals surface area contributed by atoms with Gasteiger partial charge in [-0.25, -0.2) is 4.98 Å². The van der Waals surface area contributed by atoms with Gasteiger partial charge in [0.1, 0.15) is 0 Å². The maximum absolute atomic E-state index is 11.9. The van der Waals surface area contributed by atoms with E-state index in [9.17, 15) is 4.79 Å². The molecule has 21 heavy (non-hydrogen) atoms. The Morgan fingerprint density at radius 3 is 2.57 bits per heavy atom. The number of nitrogens with zero attached hydrogens (tertiary/aromatic N) is 2. The Bertz CT molecular complexity index is 676. The monoisotopic (exact) mass is 343 g/mol. The van der Waals surface area contributed by atoms with Crippen molar-refractivity contribution in [2.45, 2.75) is 6.42 Å². The second-order valence-corrected chi connectivity index (χ2v) is 5.75. The summed E-state index contributed by atoms with van der Waals surface area (Å²) in [5.41, 5.74) is 11.6. The van der Waals surface area contributed by atoms with E-state index in [0.717, 1.165) is 0 Å². The van der Waals surface area contributed by atoms with Gasteiger partial charge in [0.2, 0.25) is 11.0 Å². The summed E-state index contributed by atoms with van der Waals surface area (Å²) in [6.45, 7) is 0. The van der Waals surface area contributed by atoms with Gasteiger partial charge in [-0.2, -0.15) is 4.99 Å². The van der Waals surface area contributed by atoms with E-state index in [0.29, 0.717) is 26.6 Å². The summed E-state index contributed by atoms with van der Waals surface area (Å²) in [5.74, 6) is -0.316. The van der Waals surface area contributed by atoms with Crippen LogP contribution < -0.4 is 16.8 Å². The zero-order valence-electron chi connectivity index (χ0n) is 10.6. The van der Waals surface area contributed by atoms with Crippen LogP contribution in [0.15, 0.2) is 28.6 Å². The molecule has 1 aromatic heterocycles. The first-order valence-electron chi connectivity index (χ1n) is 5.72. The lowest BCUT2D eigenvalue weighted by atomic mass is 10.3. The first-order chi connectivity index (χ1) is 9.92. The summed E-state index contributed by atoms with van der Waals surface area (Å²) in [6, 6.07) is 4.80. The molecule has 0 radical (unpaired) electrons. The molecule has 0 aliphatic carbocycles. The van der Waals surface area contributed by atoms with E-state index in [1.54, 1.807) is 23.6 Å². The molecule has 0 atom stereocenters. The summed E-state index contributed by atoms with van der Waals surface area (Å²) in [4.78, 5) is 19.9. The highest BCUT2D eigenvalue weighted by Crippen LogP contribution is 2.23. The number of hydrogen-bond donors (Lipinski definition) is 3. The van der Waals surface area contributed by atoms with Gasteiger partial charge in [-0.1, -0.05) is 23.2 Å². The average molecular weight is 344 g/mol. The number of thiazole rings is 1. The molecule has 1 aromatic carbocycles. The molecule has 1 amide bonds. The van der Waals surface area contributed by atoms with Gasteiger partial charge in [0.05, 0.1) is 12.1 Å². The minimum Gasteiger partial charge on any atom is -0.370 e. The van der Waals surface area contributed by atoms with Gasteiger partial charge in [-0.05, 0) is 18.2 Å². The van der Waals surface area contributed by atoms with E-state index in [1.165, 1.54) is 11.3 Å². The minimum atomic E-state index is -0.241. The minimum absolute atomic E-state index is 0.0751. The lowest BCUT2D eigenvalue weighted by Crippen LogP contribution is -2.21. The Morgan fingerprint density at radius 2 is 1.95 bits per heavy atom. The number of hydrogen-bond acceptors (Lipinski definition) is 4. The van der Waals surface area contributed by atoms with E-state index in [1.807, 2.05) is 0 Å². The van der Waals surface area contributed by atoms with Crippen LogP contribution in [0.4, 0.5) is 10.8 Å². The molecule has 1 heterocycles. The van der Waals surface area contributed by atoms with Gasteiger partial charge >= 0.3 is 0 Å². The number of benzene rings is 1. The van der Waals surface area contributed by atoms with Crippen molar-refractivity contribution >= 4 is 57.2 Å². The first-order valence-corrected chi connectivity index (χ1v) is 7.36. The highest BCUT2D eigenvalue weighted by molar-refractivity contribution is 7.13. The van der Waals surface area contributed by atoms with Crippen LogP contribution in [-0.2, 0) is 11.2 Å². The molecule has 0 aliphatic rings. The van der Waals surface area contributed by atoms with Crippen molar-refractivity contribution in [2.75, 3.05) is 5.32 Å². The Morgan fingerprint density at radius 1 is 1.29 bits per heavy atom. The number of anilines is 1. The number of aromatic nitrogens is 1. The largest absolute Gasteiger partial charge is 0.370 e. The molecule has 0 saturated heterocycles. The van der Waals surface area contributed by atoms with E-state index >= 15 is 0 Å². The van der Waals surface area contributed by atoms with E-state index in [2.05, 4.69) is 15.3 Å². The summed E-state index contributed by atoms with van der Waals surface area (Å²) < 4.78 is 0. The molecule has 2 aromatic rings. The predicted molar refractivity (Wildman–Crippen MR) is 86.4 cm³/mol. The van der Waals surface area contributed by atoms with Gasteiger partial charge in [-0.3, -0.25) is 4.79 Å². The molecule has 6 nitrogen and oxygen atoms in total. The van der Waals surface area contributed by atoms with Crippen LogP contribution in [-0.4, -0.2) is 16.9 Å². The normalized spacial score (nSPS) is 10.2. The summed E-state index contributed by atoms with van der Waals surface area (Å²) >= 11 is 13.0. The molecule has 0 unspecified atom stereocenters. The first kappa shape index (κ1) is 15.6. The summed E-state index contributed by atoms with van der Waals surface area (Å²) in [5, 5.41) is 5.71. The standard InChI is InChI=1S/C12H11Cl2N5OS/c13-6-1-7(14)3-8(2-6)17-10(20)4-9-5-21-12(18-9)19-11(15)16/h1-3,5H,4H2,(H,17,20)(H4,15,16,18,19). The van der Waals surface area contributed by atoms with Gasteiger partial charge in [-0.15, -0.1) is 11.3 Å². The average Bonchev–Trinajstić information content (AvgIpc) is 2.73. The fourth-order valence-corrected chi connectivity index (χ4v) is 2.77. The SMILES string of the molecule is NC(N)=Nc1nc(CC(=O)Nc2cc(Cl)cc(Cl)c2)cs1. The van der Waals surface area contributed by atoms with E-state index < -0.39 is 0 Å². The number of nitrogens with two attached hydrogens (primary N) is 2. The van der Waals surface area contributed by atoms with Crippen molar-refractivity contribution in [3.05, 3.63) is 39.3 Å². The fraction of sp³-hybridized carbons (Fsp3) is 0.0833. The van der Waals surface area contributed by atoms with Gasteiger partial charge < -0.3 is 16.8 Å². The number of rotatable bonds is 4. The number of carbonyl (C=O) groups excluding carboxylic acids is 1. The van der Waals surface area contributed by atoms with Gasteiger partial charge in [0, 0.05) is 21.1 Å². The zero-order chi connectivity index (χ0) is 15.4. The summed E-state index contributed by atoms with van der Waals surface area (Å²) in [6.07, 6.45) is 0.0978. The number of nitrogens with one attached hydrogen (secondary N) is 1. The molecule has 9 heteroatoms. The third-order valence-electron chi connectivity index (χ3n) is 2.25.